The van der Waals surface area contributed by atoms with E-state index in [0.717, 1.165) is 38.7 Å². The van der Waals surface area contributed by atoms with Gasteiger partial charge < -0.3 is 10.2 Å². The van der Waals surface area contributed by atoms with Gasteiger partial charge in [0.05, 0.1) is 10.6 Å². The van der Waals surface area contributed by atoms with Gasteiger partial charge in [0.2, 0.25) is 11.8 Å². The molecule has 9 heteroatoms. The van der Waals surface area contributed by atoms with Crippen LogP contribution in [-0.2, 0) is 32.6 Å². The molecule has 44 heavy (non-hydrogen) atoms. The number of anilines is 1. The SMILES string of the molecule is Cc1ccc(CN(C(=O)CN(c2ccc(C)cc2)S(=O)(=O)c2ccc(F)cc2)[C@H](Cc2ccccc2)C(=O)NC(C)C)cc1. The van der Waals surface area contributed by atoms with E-state index in [1.165, 1.54) is 17.0 Å². The van der Waals surface area contributed by atoms with Gasteiger partial charge in [0.25, 0.3) is 10.0 Å². The lowest BCUT2D eigenvalue weighted by atomic mass is 10.0. The molecule has 7 nitrogen and oxygen atoms in total. The average Bonchev–Trinajstić information content (AvgIpc) is 2.99. The van der Waals surface area contributed by atoms with Crippen molar-refractivity contribution < 1.29 is 22.4 Å². The van der Waals surface area contributed by atoms with Gasteiger partial charge in [-0.15, -0.1) is 0 Å². The van der Waals surface area contributed by atoms with Gasteiger partial charge in [-0.1, -0.05) is 77.9 Å². The first-order valence-corrected chi connectivity index (χ1v) is 15.9. The van der Waals surface area contributed by atoms with Gasteiger partial charge in [-0.3, -0.25) is 13.9 Å². The second-order valence-electron chi connectivity index (χ2n) is 11.2. The molecule has 4 aromatic rings. The Labute approximate surface area is 259 Å². The Hall–Kier alpha value is -4.50. The number of amides is 2. The van der Waals surface area contributed by atoms with Crippen LogP contribution in [-0.4, -0.2) is 43.8 Å². The van der Waals surface area contributed by atoms with Crippen LogP contribution in [0.25, 0.3) is 0 Å². The summed E-state index contributed by atoms with van der Waals surface area (Å²) in [7, 11) is -4.30. The first kappa shape index (κ1) is 32.4. The van der Waals surface area contributed by atoms with Crippen LogP contribution in [0.3, 0.4) is 0 Å². The van der Waals surface area contributed by atoms with Crippen LogP contribution in [0.4, 0.5) is 10.1 Å². The predicted octanol–water partition coefficient (Wildman–Crippen LogP) is 5.80. The molecule has 4 aromatic carbocycles. The smallest absolute Gasteiger partial charge is 0.264 e. The van der Waals surface area contributed by atoms with E-state index < -0.39 is 34.3 Å². The minimum Gasteiger partial charge on any atom is -0.352 e. The number of aryl methyl sites for hydroxylation is 2. The van der Waals surface area contributed by atoms with E-state index in [1.54, 1.807) is 24.3 Å². The molecule has 0 radical (unpaired) electrons. The third kappa shape index (κ3) is 8.32. The molecule has 230 valence electrons. The van der Waals surface area contributed by atoms with Gasteiger partial charge in [0, 0.05) is 19.0 Å². The number of nitrogens with zero attached hydrogens (tertiary/aromatic N) is 2. The van der Waals surface area contributed by atoms with E-state index in [-0.39, 0.29) is 35.5 Å². The van der Waals surface area contributed by atoms with Crippen molar-refractivity contribution in [2.24, 2.45) is 0 Å². The standard InChI is InChI=1S/C35H38FN3O4S/c1-25(2)37-35(41)33(22-28-8-6-5-7-9-28)38(23-29-14-10-26(3)11-15-29)34(40)24-39(31-18-12-27(4)13-19-31)44(42,43)32-20-16-30(36)17-21-32/h5-21,25,33H,22-24H2,1-4H3,(H,37,41)/t33-/m1/s1. The van der Waals surface area contributed by atoms with Crippen LogP contribution in [0.5, 0.6) is 0 Å². The summed E-state index contributed by atoms with van der Waals surface area (Å²) in [5.41, 5.74) is 3.87. The molecule has 0 spiro atoms. The molecular weight excluding hydrogens is 577 g/mol. The van der Waals surface area contributed by atoms with Crippen molar-refractivity contribution in [2.45, 2.75) is 57.6 Å². The van der Waals surface area contributed by atoms with Crippen molar-refractivity contribution in [3.05, 3.63) is 131 Å². The zero-order valence-corrected chi connectivity index (χ0v) is 26.2. The Balaban J connectivity index is 1.79. The Kier molecular flexibility index (Phi) is 10.5. The lowest BCUT2D eigenvalue weighted by Gasteiger charge is -2.34. The third-order valence-electron chi connectivity index (χ3n) is 7.18. The molecule has 0 bridgehead atoms. The summed E-state index contributed by atoms with van der Waals surface area (Å²) in [5.74, 6) is -1.48. The fraction of sp³-hybridized carbons (Fsp3) is 0.257. The first-order chi connectivity index (χ1) is 20.9. The second-order valence-corrected chi connectivity index (χ2v) is 13.0. The van der Waals surface area contributed by atoms with Gasteiger partial charge in [-0.2, -0.15) is 0 Å². The molecule has 0 aromatic heterocycles. The maximum atomic E-state index is 14.4. The molecule has 0 saturated heterocycles. The average molecular weight is 616 g/mol. The van der Waals surface area contributed by atoms with E-state index in [2.05, 4.69) is 5.32 Å². The largest absolute Gasteiger partial charge is 0.352 e. The predicted molar refractivity (Wildman–Crippen MR) is 171 cm³/mol. The van der Waals surface area contributed by atoms with E-state index in [4.69, 9.17) is 0 Å². The highest BCUT2D eigenvalue weighted by molar-refractivity contribution is 7.92. The first-order valence-electron chi connectivity index (χ1n) is 14.5. The van der Waals surface area contributed by atoms with Crippen LogP contribution in [0.1, 0.15) is 36.1 Å². The molecule has 1 atom stereocenters. The Morgan fingerprint density at radius 3 is 1.91 bits per heavy atom. The minimum absolute atomic E-state index is 0.0838. The molecule has 0 aliphatic rings. The van der Waals surface area contributed by atoms with Gasteiger partial charge in [0.1, 0.15) is 18.4 Å². The summed E-state index contributed by atoms with van der Waals surface area (Å²) in [4.78, 5) is 29.4. The lowest BCUT2D eigenvalue weighted by molar-refractivity contribution is -0.140. The summed E-state index contributed by atoms with van der Waals surface area (Å²) >= 11 is 0. The zero-order chi connectivity index (χ0) is 31.9. The molecule has 0 aliphatic carbocycles. The normalized spacial score (nSPS) is 12.0. The van der Waals surface area contributed by atoms with Crippen LogP contribution >= 0.6 is 0 Å². The number of rotatable bonds is 12. The molecule has 0 saturated carbocycles. The highest BCUT2D eigenvalue weighted by atomic mass is 32.2. The summed E-state index contributed by atoms with van der Waals surface area (Å²) in [6.45, 7) is 7.03. The zero-order valence-electron chi connectivity index (χ0n) is 25.4. The minimum atomic E-state index is -4.30. The molecule has 2 amide bonds. The number of sulfonamides is 1. The van der Waals surface area contributed by atoms with Gasteiger partial charge in [0.15, 0.2) is 0 Å². The summed E-state index contributed by atoms with van der Waals surface area (Å²) in [6.07, 6.45) is 0.228. The topological polar surface area (TPSA) is 86.8 Å². The number of carbonyl (C=O) groups excluding carboxylic acids is 2. The van der Waals surface area contributed by atoms with Crippen molar-refractivity contribution in [1.29, 1.82) is 0 Å². The lowest BCUT2D eigenvalue weighted by Crippen LogP contribution is -2.54. The van der Waals surface area contributed by atoms with Crippen molar-refractivity contribution >= 4 is 27.5 Å². The molecule has 1 N–H and O–H groups in total. The number of halogens is 1. The van der Waals surface area contributed by atoms with Crippen LogP contribution in [0.15, 0.2) is 108 Å². The van der Waals surface area contributed by atoms with E-state index in [0.29, 0.717) is 0 Å². The maximum absolute atomic E-state index is 14.4. The van der Waals surface area contributed by atoms with Crippen LogP contribution < -0.4 is 9.62 Å². The number of hydrogen-bond acceptors (Lipinski definition) is 4. The van der Waals surface area contributed by atoms with Gasteiger partial charge in [-0.05, 0) is 75.2 Å². The summed E-state index contributed by atoms with van der Waals surface area (Å²) < 4.78 is 42.7. The highest BCUT2D eigenvalue weighted by Gasteiger charge is 2.34. The van der Waals surface area contributed by atoms with Crippen molar-refractivity contribution in [3.8, 4) is 0 Å². The summed E-state index contributed by atoms with van der Waals surface area (Å²) in [6, 6.07) is 27.2. The molecule has 0 fully saturated rings. The summed E-state index contributed by atoms with van der Waals surface area (Å²) in [5, 5.41) is 2.95. The van der Waals surface area contributed by atoms with E-state index in [9.17, 15) is 22.4 Å². The van der Waals surface area contributed by atoms with E-state index in [1.807, 2.05) is 82.3 Å². The van der Waals surface area contributed by atoms with Crippen molar-refractivity contribution in [2.75, 3.05) is 10.8 Å². The van der Waals surface area contributed by atoms with Crippen LogP contribution in [0.2, 0.25) is 0 Å². The Bertz CT molecular complexity index is 1660. The van der Waals surface area contributed by atoms with Gasteiger partial charge in [-0.25, -0.2) is 12.8 Å². The number of carbonyl (C=O) groups is 2. The van der Waals surface area contributed by atoms with Gasteiger partial charge >= 0.3 is 0 Å². The number of benzene rings is 4. The Morgan fingerprint density at radius 1 is 0.773 bits per heavy atom. The molecule has 0 heterocycles. The third-order valence-corrected chi connectivity index (χ3v) is 8.97. The molecule has 0 aliphatic heterocycles. The second kappa shape index (κ2) is 14.3. The fourth-order valence-electron chi connectivity index (χ4n) is 4.80. The van der Waals surface area contributed by atoms with E-state index >= 15 is 0 Å². The van der Waals surface area contributed by atoms with Crippen molar-refractivity contribution in [3.63, 3.8) is 0 Å². The Morgan fingerprint density at radius 2 is 1.34 bits per heavy atom. The maximum Gasteiger partial charge on any atom is 0.264 e. The monoisotopic (exact) mass is 615 g/mol. The van der Waals surface area contributed by atoms with Crippen molar-refractivity contribution in [1.82, 2.24) is 10.2 Å². The fourth-order valence-corrected chi connectivity index (χ4v) is 6.21. The van der Waals surface area contributed by atoms with Crippen LogP contribution in [0, 0.1) is 19.7 Å². The number of hydrogen-bond donors (Lipinski definition) is 1. The quantitative estimate of drug-likeness (QED) is 0.218. The number of nitrogens with one attached hydrogen (secondary N) is 1. The highest BCUT2D eigenvalue weighted by Crippen LogP contribution is 2.26. The molecular formula is C35H38FN3O4S. The molecule has 0 unspecified atom stereocenters. The molecule has 4 rings (SSSR count).